The molecule has 2 aliphatic heterocycles. The van der Waals surface area contributed by atoms with Gasteiger partial charge < -0.3 is 4.90 Å². The van der Waals surface area contributed by atoms with Crippen molar-refractivity contribution < 1.29 is 13.2 Å². The molecule has 0 aliphatic carbocycles. The van der Waals surface area contributed by atoms with E-state index >= 15 is 0 Å². The molecule has 1 amide bonds. The van der Waals surface area contributed by atoms with Crippen molar-refractivity contribution in [3.8, 4) is 0 Å². The maximum absolute atomic E-state index is 13.3. The Kier molecular flexibility index (Phi) is 5.49. The van der Waals surface area contributed by atoms with Gasteiger partial charge in [-0.05, 0) is 43.5 Å². The van der Waals surface area contributed by atoms with Gasteiger partial charge in [0.1, 0.15) is 0 Å². The molecular weight excluding hydrogens is 422 g/mol. The Hall–Kier alpha value is -2.74. The van der Waals surface area contributed by atoms with Gasteiger partial charge in [-0.1, -0.05) is 42.5 Å². The maximum Gasteiger partial charge on any atom is 0.258 e. The van der Waals surface area contributed by atoms with E-state index in [0.29, 0.717) is 17.5 Å². The number of likely N-dealkylation sites (tertiary alicyclic amines) is 1. The summed E-state index contributed by atoms with van der Waals surface area (Å²) in [4.78, 5) is 17.0. The van der Waals surface area contributed by atoms with Crippen molar-refractivity contribution in [3.63, 3.8) is 0 Å². The summed E-state index contributed by atoms with van der Waals surface area (Å²) < 4.78 is 29.6. The third kappa shape index (κ3) is 3.70. The monoisotopic (exact) mass is 449 g/mol. The number of carbonyl (C=O) groups excluding carboxylic acids is 1. The van der Waals surface area contributed by atoms with Gasteiger partial charge in [0.2, 0.25) is 10.0 Å². The molecule has 5 rings (SSSR count). The molecular formula is C25H27N3O3S. The van der Waals surface area contributed by atoms with Gasteiger partial charge >= 0.3 is 0 Å². The fourth-order valence-corrected chi connectivity index (χ4v) is 6.41. The van der Waals surface area contributed by atoms with Crippen molar-refractivity contribution in [2.24, 2.45) is 0 Å². The lowest BCUT2D eigenvalue weighted by molar-refractivity contribution is 0.0994. The number of hydrogen-bond acceptors (Lipinski definition) is 4. The molecule has 0 atom stereocenters. The molecule has 7 heteroatoms. The minimum absolute atomic E-state index is 0.0682. The summed E-state index contributed by atoms with van der Waals surface area (Å²) in [5.74, 6) is -0.0682. The normalized spacial score (nSPS) is 17.4. The van der Waals surface area contributed by atoms with Crippen molar-refractivity contribution >= 4 is 32.4 Å². The van der Waals surface area contributed by atoms with Crippen molar-refractivity contribution in [1.29, 1.82) is 0 Å². The Labute approximate surface area is 188 Å². The predicted octanol–water partition coefficient (Wildman–Crippen LogP) is 3.76. The zero-order valence-corrected chi connectivity index (χ0v) is 18.9. The van der Waals surface area contributed by atoms with Crippen molar-refractivity contribution in [1.82, 2.24) is 9.62 Å². The lowest BCUT2D eigenvalue weighted by atomic mass is 10.1. The number of hydrogen-bond donors (Lipinski definition) is 1. The lowest BCUT2D eigenvalue weighted by Gasteiger charge is -2.32. The molecule has 6 nitrogen and oxygen atoms in total. The first kappa shape index (κ1) is 21.1. The van der Waals surface area contributed by atoms with Crippen LogP contribution >= 0.6 is 0 Å². The summed E-state index contributed by atoms with van der Waals surface area (Å²) in [5, 5.41) is 1.35. The lowest BCUT2D eigenvalue weighted by Crippen LogP contribution is -2.44. The summed E-state index contributed by atoms with van der Waals surface area (Å²) in [6.45, 7) is 5.06. The van der Waals surface area contributed by atoms with Crippen LogP contribution in [-0.4, -0.2) is 44.9 Å². The standard InChI is InChI=1S/C25H27N3O3S/c1-2-28-22-11-12-23(20-9-6-10-21(24(20)22)25(28)29)32(30,31)26-19-13-15-27(16-14-19)17-18-7-4-3-5-8-18/h3-12,19,26H,2,13-17H2,1H3. The highest BCUT2D eigenvalue weighted by atomic mass is 32.2. The molecule has 1 saturated heterocycles. The highest BCUT2D eigenvalue weighted by Gasteiger charge is 2.32. The number of sulfonamides is 1. The van der Waals surface area contributed by atoms with E-state index in [9.17, 15) is 13.2 Å². The first-order valence-electron chi connectivity index (χ1n) is 11.1. The minimum Gasteiger partial charge on any atom is -0.308 e. The van der Waals surface area contributed by atoms with E-state index < -0.39 is 10.0 Å². The second-order valence-electron chi connectivity index (χ2n) is 8.52. The number of anilines is 1. The molecule has 2 heterocycles. The Balaban J connectivity index is 1.34. The minimum atomic E-state index is -3.71. The van der Waals surface area contributed by atoms with E-state index in [2.05, 4.69) is 21.8 Å². The zero-order chi connectivity index (χ0) is 22.3. The van der Waals surface area contributed by atoms with E-state index in [-0.39, 0.29) is 16.8 Å². The van der Waals surface area contributed by atoms with Gasteiger partial charge in [-0.2, -0.15) is 0 Å². The summed E-state index contributed by atoms with van der Waals surface area (Å²) >= 11 is 0. The van der Waals surface area contributed by atoms with Gasteiger partial charge in [0.25, 0.3) is 5.91 Å². The quantitative estimate of drug-likeness (QED) is 0.622. The second-order valence-corrected chi connectivity index (χ2v) is 10.2. The molecule has 0 spiro atoms. The van der Waals surface area contributed by atoms with Crippen LogP contribution in [0.4, 0.5) is 5.69 Å². The SMILES string of the molecule is CCN1C(=O)c2cccc3c(S(=O)(=O)NC4CCN(Cc5ccccc5)CC4)ccc1c23. The zero-order valence-electron chi connectivity index (χ0n) is 18.1. The number of nitrogens with one attached hydrogen (secondary N) is 1. The molecule has 0 saturated carbocycles. The van der Waals surface area contributed by atoms with Crippen molar-refractivity contribution in [3.05, 3.63) is 71.8 Å². The second kappa shape index (κ2) is 8.31. The van der Waals surface area contributed by atoms with E-state index in [0.717, 1.165) is 43.5 Å². The fourth-order valence-electron chi connectivity index (χ4n) is 4.90. The maximum atomic E-state index is 13.3. The van der Waals surface area contributed by atoms with Gasteiger partial charge in [-0.25, -0.2) is 13.1 Å². The fraction of sp³-hybridized carbons (Fsp3) is 0.320. The number of piperidine rings is 1. The van der Waals surface area contributed by atoms with Crippen LogP contribution in [0.15, 0.2) is 65.6 Å². The number of amides is 1. The van der Waals surface area contributed by atoms with Crippen LogP contribution in [0, 0.1) is 0 Å². The van der Waals surface area contributed by atoms with Crippen LogP contribution in [-0.2, 0) is 16.6 Å². The summed E-state index contributed by atoms with van der Waals surface area (Å²) in [6.07, 6.45) is 1.55. The Morgan fingerprint density at radius 3 is 2.44 bits per heavy atom. The Morgan fingerprint density at radius 2 is 1.72 bits per heavy atom. The van der Waals surface area contributed by atoms with E-state index in [4.69, 9.17) is 0 Å². The van der Waals surface area contributed by atoms with Crippen LogP contribution in [0.3, 0.4) is 0 Å². The highest BCUT2D eigenvalue weighted by molar-refractivity contribution is 7.89. The first-order chi connectivity index (χ1) is 15.5. The average Bonchev–Trinajstić information content (AvgIpc) is 3.08. The van der Waals surface area contributed by atoms with Crippen LogP contribution in [0.25, 0.3) is 10.8 Å². The van der Waals surface area contributed by atoms with Gasteiger partial charge in [-0.3, -0.25) is 9.69 Å². The average molecular weight is 450 g/mol. The van der Waals surface area contributed by atoms with Crippen LogP contribution in [0.1, 0.15) is 35.7 Å². The molecule has 1 fully saturated rings. The van der Waals surface area contributed by atoms with Gasteiger partial charge in [0, 0.05) is 48.6 Å². The smallest absolute Gasteiger partial charge is 0.258 e. The summed E-state index contributed by atoms with van der Waals surface area (Å²) in [7, 11) is -3.71. The number of carbonyl (C=O) groups is 1. The van der Waals surface area contributed by atoms with Crippen molar-refractivity contribution in [2.45, 2.75) is 37.2 Å². The van der Waals surface area contributed by atoms with Crippen LogP contribution in [0.5, 0.6) is 0 Å². The molecule has 2 aliphatic rings. The van der Waals surface area contributed by atoms with E-state index in [1.807, 2.05) is 25.1 Å². The largest absolute Gasteiger partial charge is 0.308 e. The van der Waals surface area contributed by atoms with Gasteiger partial charge in [0.15, 0.2) is 0 Å². The molecule has 166 valence electrons. The van der Waals surface area contributed by atoms with Crippen molar-refractivity contribution in [2.75, 3.05) is 24.5 Å². The van der Waals surface area contributed by atoms with Gasteiger partial charge in [0.05, 0.1) is 10.6 Å². The highest BCUT2D eigenvalue weighted by Crippen LogP contribution is 2.40. The molecule has 3 aromatic rings. The molecule has 3 aromatic carbocycles. The van der Waals surface area contributed by atoms with Gasteiger partial charge in [-0.15, -0.1) is 0 Å². The van der Waals surface area contributed by atoms with E-state index in [1.54, 1.807) is 35.2 Å². The predicted molar refractivity (Wildman–Crippen MR) is 126 cm³/mol. The Morgan fingerprint density at radius 1 is 0.969 bits per heavy atom. The van der Waals surface area contributed by atoms with Crippen LogP contribution in [0.2, 0.25) is 0 Å². The molecule has 0 aromatic heterocycles. The number of nitrogens with zero attached hydrogens (tertiary/aromatic N) is 2. The molecule has 32 heavy (non-hydrogen) atoms. The summed E-state index contributed by atoms with van der Waals surface area (Å²) in [5.41, 5.74) is 2.64. The third-order valence-electron chi connectivity index (χ3n) is 6.51. The molecule has 0 unspecified atom stereocenters. The third-order valence-corrected chi connectivity index (χ3v) is 8.09. The molecule has 0 bridgehead atoms. The summed E-state index contributed by atoms with van der Waals surface area (Å²) in [6, 6.07) is 19.0. The Bertz CT molecular complexity index is 1270. The van der Waals surface area contributed by atoms with Crippen LogP contribution < -0.4 is 9.62 Å². The number of rotatable bonds is 6. The molecule has 1 N–H and O–H groups in total. The van der Waals surface area contributed by atoms with E-state index in [1.165, 1.54) is 5.56 Å². The molecule has 0 radical (unpaired) electrons. The first-order valence-corrected chi connectivity index (χ1v) is 12.6. The topological polar surface area (TPSA) is 69.7 Å². The number of benzene rings is 3.